The van der Waals surface area contributed by atoms with Gasteiger partial charge in [-0.15, -0.1) is 0 Å². The van der Waals surface area contributed by atoms with Crippen LogP contribution in [0.2, 0.25) is 0 Å². The summed E-state index contributed by atoms with van der Waals surface area (Å²) < 4.78 is 5.36. The summed E-state index contributed by atoms with van der Waals surface area (Å²) in [5, 5.41) is 22.8. The zero-order chi connectivity index (χ0) is 14.0. The number of carbonyl (C=O) groups is 2. The number of para-hydroxylation sites is 1. The topological polar surface area (TPSA) is 104 Å². The molecule has 6 nitrogen and oxygen atoms in total. The van der Waals surface area contributed by atoms with Crippen LogP contribution in [0.3, 0.4) is 0 Å². The van der Waals surface area contributed by atoms with Crippen LogP contribution in [0.4, 0.5) is 4.79 Å². The molecule has 0 bridgehead atoms. The molecule has 1 aromatic carbocycles. The van der Waals surface area contributed by atoms with Gasteiger partial charge in [-0.2, -0.15) is 0 Å². The smallest absolute Gasteiger partial charge is 0.493 e. The van der Waals surface area contributed by atoms with Crippen molar-refractivity contribution in [3.63, 3.8) is 0 Å². The van der Waals surface area contributed by atoms with E-state index in [1.807, 2.05) is 0 Å². The number of carboxylic acid groups (broad SMARTS) is 3. The zero-order valence-corrected chi connectivity index (χ0v) is 10.00. The molecule has 0 aliphatic heterocycles. The summed E-state index contributed by atoms with van der Waals surface area (Å²) in [7, 11) is 0. The van der Waals surface area contributed by atoms with Gasteiger partial charge in [0, 0.05) is 0 Å². The number of hydrogen-bond donors (Lipinski definition) is 3. The lowest BCUT2D eigenvalue weighted by Crippen LogP contribution is -2.03. The van der Waals surface area contributed by atoms with E-state index in [0.29, 0.717) is 12.4 Å². The van der Waals surface area contributed by atoms with Crippen molar-refractivity contribution in [3.8, 4) is 5.75 Å². The van der Waals surface area contributed by atoms with Crippen LogP contribution >= 0.6 is 0 Å². The fourth-order valence-electron chi connectivity index (χ4n) is 1.10. The maximum atomic E-state index is 10.8. The highest BCUT2D eigenvalue weighted by atomic mass is 16.6. The van der Waals surface area contributed by atoms with Crippen LogP contribution < -0.4 is 4.74 Å². The van der Waals surface area contributed by atoms with Crippen LogP contribution in [0.25, 0.3) is 0 Å². The highest BCUT2D eigenvalue weighted by Crippen LogP contribution is 2.17. The molecule has 0 aliphatic carbocycles. The third-order valence-corrected chi connectivity index (χ3v) is 1.87. The quantitative estimate of drug-likeness (QED) is 0.700. The SMILES string of the molecule is CCCCOc1ccccc1C(=O)O.O=C(O)O. The van der Waals surface area contributed by atoms with E-state index in [0.717, 1.165) is 12.8 Å². The third-order valence-electron chi connectivity index (χ3n) is 1.87. The fraction of sp³-hybridized carbons (Fsp3) is 0.333. The number of aromatic carboxylic acids is 1. The minimum Gasteiger partial charge on any atom is -0.493 e. The lowest BCUT2D eigenvalue weighted by atomic mass is 10.2. The Balaban J connectivity index is 0.000000631. The van der Waals surface area contributed by atoms with Crippen molar-refractivity contribution >= 4 is 12.1 Å². The lowest BCUT2D eigenvalue weighted by Gasteiger charge is -2.07. The summed E-state index contributed by atoms with van der Waals surface area (Å²) in [6, 6.07) is 6.69. The number of benzene rings is 1. The van der Waals surface area contributed by atoms with Crippen LogP contribution in [0.5, 0.6) is 5.75 Å². The second-order valence-electron chi connectivity index (χ2n) is 3.29. The van der Waals surface area contributed by atoms with Crippen LogP contribution in [0, 0.1) is 0 Å². The van der Waals surface area contributed by atoms with Crippen molar-refractivity contribution in [3.05, 3.63) is 29.8 Å². The minimum absolute atomic E-state index is 0.226. The van der Waals surface area contributed by atoms with E-state index < -0.39 is 12.1 Å². The van der Waals surface area contributed by atoms with Crippen molar-refractivity contribution in [2.45, 2.75) is 19.8 Å². The maximum absolute atomic E-state index is 10.8. The van der Waals surface area contributed by atoms with Gasteiger partial charge in [0.1, 0.15) is 11.3 Å². The second kappa shape index (κ2) is 8.86. The highest BCUT2D eigenvalue weighted by molar-refractivity contribution is 5.90. The molecule has 0 aromatic heterocycles. The summed E-state index contributed by atoms with van der Waals surface area (Å²) in [6.07, 6.45) is 0.142. The molecule has 3 N–H and O–H groups in total. The number of rotatable bonds is 5. The second-order valence-corrected chi connectivity index (χ2v) is 3.29. The normalized spacial score (nSPS) is 8.94. The minimum atomic E-state index is -1.83. The molecule has 18 heavy (non-hydrogen) atoms. The Labute approximate surface area is 104 Å². The first-order valence-corrected chi connectivity index (χ1v) is 5.36. The maximum Gasteiger partial charge on any atom is 0.503 e. The van der Waals surface area contributed by atoms with Gasteiger partial charge in [0.05, 0.1) is 6.61 Å². The highest BCUT2D eigenvalue weighted by Gasteiger charge is 2.09. The average Bonchev–Trinajstić information content (AvgIpc) is 2.29. The van der Waals surface area contributed by atoms with E-state index in [2.05, 4.69) is 6.92 Å². The molecule has 0 heterocycles. The Morgan fingerprint density at radius 1 is 1.17 bits per heavy atom. The van der Waals surface area contributed by atoms with E-state index in [-0.39, 0.29) is 5.56 Å². The Hall–Kier alpha value is -2.24. The van der Waals surface area contributed by atoms with E-state index >= 15 is 0 Å². The number of hydrogen-bond acceptors (Lipinski definition) is 3. The third kappa shape index (κ3) is 7.10. The van der Waals surface area contributed by atoms with Gasteiger partial charge in [0.25, 0.3) is 0 Å². The molecule has 0 amide bonds. The van der Waals surface area contributed by atoms with Crippen LogP contribution in [0.1, 0.15) is 30.1 Å². The first-order chi connectivity index (χ1) is 8.49. The predicted octanol–water partition coefficient (Wildman–Crippen LogP) is 2.79. The summed E-state index contributed by atoms with van der Waals surface area (Å²) in [5.41, 5.74) is 0.226. The molecule has 0 unspecified atom stereocenters. The molecule has 6 heteroatoms. The molecule has 0 spiro atoms. The molecule has 1 aromatic rings. The summed E-state index contributed by atoms with van der Waals surface area (Å²) >= 11 is 0. The molecule has 0 aliphatic rings. The van der Waals surface area contributed by atoms with Crippen molar-refractivity contribution in [1.82, 2.24) is 0 Å². The molecule has 0 atom stereocenters. The Kier molecular flexibility index (Phi) is 7.76. The summed E-state index contributed by atoms with van der Waals surface area (Å²) in [6.45, 7) is 2.63. The van der Waals surface area contributed by atoms with Crippen molar-refractivity contribution in [2.75, 3.05) is 6.61 Å². The van der Waals surface area contributed by atoms with E-state index in [1.165, 1.54) is 0 Å². The number of ether oxygens (including phenoxy) is 1. The standard InChI is InChI=1S/C11H14O3.CH2O3/c1-2-3-8-14-10-7-5-4-6-9(10)11(12)13;2-1(3)4/h4-7H,2-3,8H2,1H3,(H,12,13);(H2,2,3,4). The average molecular weight is 256 g/mol. The van der Waals surface area contributed by atoms with E-state index in [4.69, 9.17) is 24.9 Å². The molecule has 0 radical (unpaired) electrons. The summed E-state index contributed by atoms with van der Waals surface area (Å²) in [5.74, 6) is -0.495. The predicted molar refractivity (Wildman–Crippen MR) is 64.5 cm³/mol. The Morgan fingerprint density at radius 2 is 1.72 bits per heavy atom. The van der Waals surface area contributed by atoms with Gasteiger partial charge in [-0.05, 0) is 18.6 Å². The van der Waals surface area contributed by atoms with Gasteiger partial charge >= 0.3 is 12.1 Å². The molecular formula is C12H16O6. The van der Waals surface area contributed by atoms with Crippen molar-refractivity contribution < 1.29 is 29.6 Å². The van der Waals surface area contributed by atoms with E-state index in [9.17, 15) is 4.79 Å². The number of unbranched alkanes of at least 4 members (excludes halogenated alkanes) is 1. The monoisotopic (exact) mass is 256 g/mol. The molecule has 0 saturated heterocycles. The first kappa shape index (κ1) is 15.8. The molecule has 100 valence electrons. The Morgan fingerprint density at radius 3 is 2.22 bits per heavy atom. The van der Waals surface area contributed by atoms with Gasteiger partial charge in [-0.1, -0.05) is 25.5 Å². The van der Waals surface area contributed by atoms with Crippen LogP contribution in [-0.2, 0) is 0 Å². The number of carboxylic acids is 1. The zero-order valence-electron chi connectivity index (χ0n) is 10.00. The lowest BCUT2D eigenvalue weighted by molar-refractivity contribution is 0.0692. The first-order valence-electron chi connectivity index (χ1n) is 5.36. The Bertz CT molecular complexity index is 384. The molecule has 0 fully saturated rings. The van der Waals surface area contributed by atoms with E-state index in [1.54, 1.807) is 24.3 Å². The van der Waals surface area contributed by atoms with Gasteiger partial charge in [-0.3, -0.25) is 0 Å². The van der Waals surface area contributed by atoms with Gasteiger partial charge in [0.2, 0.25) is 0 Å². The molecule has 0 saturated carbocycles. The van der Waals surface area contributed by atoms with Gasteiger partial charge < -0.3 is 20.1 Å². The molecular weight excluding hydrogens is 240 g/mol. The summed E-state index contributed by atoms with van der Waals surface area (Å²) in [4.78, 5) is 19.3. The van der Waals surface area contributed by atoms with Crippen molar-refractivity contribution in [1.29, 1.82) is 0 Å². The molecule has 1 rings (SSSR count). The van der Waals surface area contributed by atoms with Crippen LogP contribution in [-0.4, -0.2) is 34.1 Å². The van der Waals surface area contributed by atoms with Crippen LogP contribution in [0.15, 0.2) is 24.3 Å². The van der Waals surface area contributed by atoms with Gasteiger partial charge in [-0.25, -0.2) is 9.59 Å². The largest absolute Gasteiger partial charge is 0.503 e. The van der Waals surface area contributed by atoms with Gasteiger partial charge in [0.15, 0.2) is 0 Å². The fourth-order valence-corrected chi connectivity index (χ4v) is 1.10. The van der Waals surface area contributed by atoms with Crippen molar-refractivity contribution in [2.24, 2.45) is 0 Å².